The van der Waals surface area contributed by atoms with E-state index in [0.29, 0.717) is 0 Å². The zero-order chi connectivity index (χ0) is 13.8. The minimum atomic E-state index is 1.01. The van der Waals surface area contributed by atoms with Gasteiger partial charge >= 0.3 is 0 Å². The van der Waals surface area contributed by atoms with Crippen LogP contribution in [-0.2, 0) is 0 Å². The summed E-state index contributed by atoms with van der Waals surface area (Å²) in [4.78, 5) is 0. The van der Waals surface area contributed by atoms with Gasteiger partial charge in [0.2, 0.25) is 0 Å². The maximum absolute atomic E-state index is 2.39. The summed E-state index contributed by atoms with van der Waals surface area (Å²) in [5.74, 6) is 3.05. The third-order valence-corrected chi connectivity index (χ3v) is 4.44. The second kappa shape index (κ2) is 12.1. The molecule has 0 N–H and O–H groups in total. The Labute approximate surface area is 117 Å². The predicted octanol–water partition coefficient (Wildman–Crippen LogP) is 6.84. The normalized spacial score (nSPS) is 29.2. The van der Waals surface area contributed by atoms with Crippen LogP contribution in [0.3, 0.4) is 0 Å². The third-order valence-electron chi connectivity index (χ3n) is 4.44. The van der Waals surface area contributed by atoms with Crippen molar-refractivity contribution in [1.29, 1.82) is 0 Å². The summed E-state index contributed by atoms with van der Waals surface area (Å²) in [6.45, 7) is 11.1. The minimum Gasteiger partial charge on any atom is -0.0683 e. The van der Waals surface area contributed by atoms with Crippen LogP contribution < -0.4 is 0 Å². The van der Waals surface area contributed by atoms with Crippen molar-refractivity contribution < 1.29 is 0 Å². The quantitative estimate of drug-likeness (QED) is 0.415. The Morgan fingerprint density at radius 2 is 0.778 bits per heavy atom. The molecule has 0 aliphatic heterocycles. The highest BCUT2D eigenvalue weighted by atomic mass is 14.2. The largest absolute Gasteiger partial charge is 0.0683 e. The van der Waals surface area contributed by atoms with Crippen molar-refractivity contribution in [2.75, 3.05) is 0 Å². The van der Waals surface area contributed by atoms with Crippen molar-refractivity contribution in [3.8, 4) is 0 Å². The lowest BCUT2D eigenvalue weighted by molar-refractivity contribution is 0.385. The minimum absolute atomic E-state index is 1.01. The van der Waals surface area contributed by atoms with Crippen molar-refractivity contribution in [2.24, 2.45) is 17.8 Å². The van der Waals surface area contributed by atoms with E-state index in [1.165, 1.54) is 64.2 Å². The Kier molecular flexibility index (Phi) is 12.1. The van der Waals surface area contributed by atoms with Gasteiger partial charge in [0, 0.05) is 0 Å². The van der Waals surface area contributed by atoms with Gasteiger partial charge in [-0.3, -0.25) is 0 Å². The molecule has 2 atom stereocenters. The number of hydrogen-bond donors (Lipinski definition) is 0. The van der Waals surface area contributed by atoms with Gasteiger partial charge in [-0.05, 0) is 17.8 Å². The first-order valence-corrected chi connectivity index (χ1v) is 8.68. The zero-order valence-corrected chi connectivity index (χ0v) is 13.8. The number of rotatable bonds is 0. The van der Waals surface area contributed by atoms with Gasteiger partial charge in [0.05, 0.1) is 0 Å². The van der Waals surface area contributed by atoms with E-state index >= 15 is 0 Å². The van der Waals surface area contributed by atoms with Gasteiger partial charge in [-0.25, -0.2) is 0 Å². The third kappa shape index (κ3) is 9.97. The first-order valence-electron chi connectivity index (χ1n) is 8.68. The molecule has 110 valence electrons. The standard InChI is InChI=1S/C9H18.C7H14.C2H6/c1-8-4-3-5-9(2)7-6-8;1-7-5-3-2-4-6-7;1-2/h8-9H,3-7H2,1-2H3;7H,2-6H2,1H3;1-2H3. The van der Waals surface area contributed by atoms with Crippen LogP contribution in [0.2, 0.25) is 0 Å². The van der Waals surface area contributed by atoms with Crippen LogP contribution in [0, 0.1) is 17.8 Å². The average molecular weight is 255 g/mol. The Morgan fingerprint density at radius 3 is 1.11 bits per heavy atom. The van der Waals surface area contributed by atoms with Crippen molar-refractivity contribution >= 4 is 0 Å². The number of hydrogen-bond acceptors (Lipinski definition) is 0. The molecule has 2 rings (SSSR count). The Hall–Kier alpha value is 0. The van der Waals surface area contributed by atoms with Crippen LogP contribution >= 0.6 is 0 Å². The molecular formula is C18H38. The van der Waals surface area contributed by atoms with Crippen molar-refractivity contribution in [1.82, 2.24) is 0 Å². The van der Waals surface area contributed by atoms with E-state index in [-0.39, 0.29) is 0 Å². The molecule has 0 radical (unpaired) electrons. The van der Waals surface area contributed by atoms with Gasteiger partial charge in [-0.2, -0.15) is 0 Å². The fourth-order valence-electron chi connectivity index (χ4n) is 2.98. The van der Waals surface area contributed by atoms with Crippen LogP contribution in [0.15, 0.2) is 0 Å². The fourth-order valence-corrected chi connectivity index (χ4v) is 2.98. The molecule has 0 heterocycles. The van der Waals surface area contributed by atoms with E-state index in [1.54, 1.807) is 0 Å². The molecule has 2 unspecified atom stereocenters. The van der Waals surface area contributed by atoms with Crippen molar-refractivity contribution in [3.63, 3.8) is 0 Å². The maximum Gasteiger partial charge on any atom is -0.0443 e. The monoisotopic (exact) mass is 254 g/mol. The van der Waals surface area contributed by atoms with E-state index < -0.39 is 0 Å². The topological polar surface area (TPSA) is 0 Å². The van der Waals surface area contributed by atoms with E-state index in [1.807, 2.05) is 13.8 Å². The molecule has 2 aliphatic rings. The van der Waals surface area contributed by atoms with Crippen LogP contribution in [0.25, 0.3) is 0 Å². The van der Waals surface area contributed by atoms with E-state index in [2.05, 4.69) is 20.8 Å². The van der Waals surface area contributed by atoms with Crippen LogP contribution in [0.4, 0.5) is 0 Å². The lowest BCUT2D eigenvalue weighted by atomic mass is 9.91. The molecular weight excluding hydrogens is 216 g/mol. The molecule has 0 amide bonds. The molecule has 0 aromatic carbocycles. The SMILES string of the molecule is CC.CC1CCCC(C)CC1.CC1CCCCC1. The van der Waals surface area contributed by atoms with Crippen LogP contribution in [0.5, 0.6) is 0 Å². The van der Waals surface area contributed by atoms with Gasteiger partial charge in [0.1, 0.15) is 0 Å². The molecule has 2 saturated carbocycles. The van der Waals surface area contributed by atoms with E-state index in [4.69, 9.17) is 0 Å². The molecule has 0 saturated heterocycles. The van der Waals surface area contributed by atoms with E-state index in [0.717, 1.165) is 17.8 Å². The molecule has 0 spiro atoms. The molecule has 0 aromatic rings. The smallest absolute Gasteiger partial charge is 0.0443 e. The average Bonchev–Trinajstić information content (AvgIpc) is 2.58. The Balaban J connectivity index is 0.000000289. The molecule has 0 bridgehead atoms. The second-order valence-corrected chi connectivity index (χ2v) is 6.46. The van der Waals surface area contributed by atoms with Gasteiger partial charge in [-0.1, -0.05) is 98.8 Å². The molecule has 2 aliphatic carbocycles. The van der Waals surface area contributed by atoms with E-state index in [9.17, 15) is 0 Å². The summed E-state index contributed by atoms with van der Waals surface area (Å²) in [5.41, 5.74) is 0. The summed E-state index contributed by atoms with van der Waals surface area (Å²) >= 11 is 0. The van der Waals surface area contributed by atoms with Gasteiger partial charge in [0.25, 0.3) is 0 Å². The molecule has 2 fully saturated rings. The van der Waals surface area contributed by atoms with Gasteiger partial charge < -0.3 is 0 Å². The summed E-state index contributed by atoms with van der Waals surface area (Å²) in [5, 5.41) is 0. The lowest BCUT2D eigenvalue weighted by Gasteiger charge is -2.15. The first kappa shape index (κ1) is 18.0. The summed E-state index contributed by atoms with van der Waals surface area (Å²) in [6, 6.07) is 0. The molecule has 0 aromatic heterocycles. The summed E-state index contributed by atoms with van der Waals surface area (Å²) in [7, 11) is 0. The predicted molar refractivity (Wildman–Crippen MR) is 85.0 cm³/mol. The Morgan fingerprint density at radius 1 is 0.444 bits per heavy atom. The lowest BCUT2D eigenvalue weighted by Crippen LogP contribution is -1.99. The highest BCUT2D eigenvalue weighted by Gasteiger charge is 2.11. The summed E-state index contributed by atoms with van der Waals surface area (Å²) in [6.07, 6.45) is 14.8. The van der Waals surface area contributed by atoms with Gasteiger partial charge in [-0.15, -0.1) is 0 Å². The zero-order valence-electron chi connectivity index (χ0n) is 13.8. The second-order valence-electron chi connectivity index (χ2n) is 6.46. The van der Waals surface area contributed by atoms with Crippen LogP contribution in [-0.4, -0.2) is 0 Å². The van der Waals surface area contributed by atoms with Crippen molar-refractivity contribution in [2.45, 2.75) is 98.8 Å². The highest BCUT2D eigenvalue weighted by Crippen LogP contribution is 2.25. The molecule has 18 heavy (non-hydrogen) atoms. The highest BCUT2D eigenvalue weighted by molar-refractivity contribution is 4.64. The molecule has 0 nitrogen and oxygen atoms in total. The summed E-state index contributed by atoms with van der Waals surface area (Å²) < 4.78 is 0. The van der Waals surface area contributed by atoms with Crippen molar-refractivity contribution in [3.05, 3.63) is 0 Å². The maximum atomic E-state index is 2.39. The van der Waals surface area contributed by atoms with Crippen LogP contribution in [0.1, 0.15) is 98.8 Å². The Bertz CT molecular complexity index is 145. The first-order chi connectivity index (χ1) is 8.68. The fraction of sp³-hybridized carbons (Fsp3) is 1.00. The molecule has 0 heteroatoms. The van der Waals surface area contributed by atoms with Gasteiger partial charge in [0.15, 0.2) is 0 Å².